The van der Waals surface area contributed by atoms with Gasteiger partial charge in [-0.1, -0.05) is 25.4 Å². The average Bonchev–Trinajstić information content (AvgIpc) is 2.26. The molecule has 1 rings (SSSR count). The van der Waals surface area contributed by atoms with Crippen LogP contribution in [0, 0.1) is 5.92 Å². The molecule has 0 aliphatic heterocycles. The maximum absolute atomic E-state index is 12.0. The first-order valence-corrected chi connectivity index (χ1v) is 5.56. The SMILES string of the molecule is CC(C)C(C)N(C)C(=O)c1cncc(Cl)n1. The van der Waals surface area contributed by atoms with Crippen LogP contribution in [-0.2, 0) is 0 Å². The lowest BCUT2D eigenvalue weighted by molar-refractivity contribution is 0.0700. The van der Waals surface area contributed by atoms with Gasteiger partial charge in [-0.25, -0.2) is 4.98 Å². The molecule has 0 aliphatic rings. The molecule has 1 heterocycles. The van der Waals surface area contributed by atoms with Gasteiger partial charge in [0.05, 0.1) is 12.4 Å². The third-order valence-electron chi connectivity index (χ3n) is 2.72. The predicted molar refractivity (Wildman–Crippen MR) is 63.4 cm³/mol. The van der Waals surface area contributed by atoms with Gasteiger partial charge in [0.2, 0.25) is 0 Å². The van der Waals surface area contributed by atoms with Crippen molar-refractivity contribution in [3.05, 3.63) is 23.2 Å². The molecular formula is C11H16ClN3O. The molecule has 1 amide bonds. The molecular weight excluding hydrogens is 226 g/mol. The number of aromatic nitrogens is 2. The van der Waals surface area contributed by atoms with Crippen LogP contribution in [0.4, 0.5) is 0 Å². The minimum atomic E-state index is -0.156. The fourth-order valence-electron chi connectivity index (χ4n) is 1.26. The lowest BCUT2D eigenvalue weighted by Gasteiger charge is -2.27. The van der Waals surface area contributed by atoms with E-state index in [2.05, 4.69) is 23.8 Å². The molecule has 0 aromatic carbocycles. The van der Waals surface area contributed by atoms with Crippen LogP contribution < -0.4 is 0 Å². The number of amides is 1. The number of hydrogen-bond acceptors (Lipinski definition) is 3. The van der Waals surface area contributed by atoms with Gasteiger partial charge in [0, 0.05) is 13.1 Å². The van der Waals surface area contributed by atoms with E-state index >= 15 is 0 Å². The molecule has 88 valence electrons. The minimum absolute atomic E-state index is 0.147. The van der Waals surface area contributed by atoms with Gasteiger partial charge in [-0.05, 0) is 12.8 Å². The largest absolute Gasteiger partial charge is 0.337 e. The summed E-state index contributed by atoms with van der Waals surface area (Å²) in [6.07, 6.45) is 2.84. The van der Waals surface area contributed by atoms with Gasteiger partial charge in [0.25, 0.3) is 5.91 Å². The second kappa shape index (κ2) is 5.25. The van der Waals surface area contributed by atoms with Crippen molar-refractivity contribution in [2.75, 3.05) is 7.05 Å². The Balaban J connectivity index is 2.86. The van der Waals surface area contributed by atoms with Crippen LogP contribution in [0.15, 0.2) is 12.4 Å². The first-order valence-electron chi connectivity index (χ1n) is 5.18. The van der Waals surface area contributed by atoms with E-state index in [4.69, 9.17) is 11.6 Å². The molecule has 0 N–H and O–H groups in total. The summed E-state index contributed by atoms with van der Waals surface area (Å²) < 4.78 is 0. The third-order valence-corrected chi connectivity index (χ3v) is 2.90. The smallest absolute Gasteiger partial charge is 0.274 e. The average molecular weight is 242 g/mol. The summed E-state index contributed by atoms with van der Waals surface area (Å²) in [4.78, 5) is 21.5. The third kappa shape index (κ3) is 2.92. The number of rotatable bonds is 3. The van der Waals surface area contributed by atoms with E-state index in [9.17, 15) is 4.79 Å². The Bertz CT molecular complexity index is 381. The summed E-state index contributed by atoms with van der Waals surface area (Å²) in [5.74, 6) is 0.234. The Morgan fingerprint density at radius 1 is 1.38 bits per heavy atom. The topological polar surface area (TPSA) is 46.1 Å². The lowest BCUT2D eigenvalue weighted by Crippen LogP contribution is -2.38. The zero-order chi connectivity index (χ0) is 12.3. The molecule has 0 aliphatic carbocycles. The first-order chi connectivity index (χ1) is 7.43. The van der Waals surface area contributed by atoms with Gasteiger partial charge >= 0.3 is 0 Å². The van der Waals surface area contributed by atoms with E-state index in [0.29, 0.717) is 5.92 Å². The standard InChI is InChI=1S/C11H16ClN3O/c1-7(2)8(3)15(4)11(16)9-5-13-6-10(12)14-9/h5-8H,1-4H3. The van der Waals surface area contributed by atoms with Gasteiger partial charge < -0.3 is 4.90 Å². The molecule has 0 fully saturated rings. The highest BCUT2D eigenvalue weighted by atomic mass is 35.5. The van der Waals surface area contributed by atoms with Crippen molar-refractivity contribution in [3.63, 3.8) is 0 Å². The van der Waals surface area contributed by atoms with Crippen LogP contribution in [0.1, 0.15) is 31.3 Å². The van der Waals surface area contributed by atoms with Crippen LogP contribution >= 0.6 is 11.6 Å². The first kappa shape index (κ1) is 12.9. The van der Waals surface area contributed by atoms with Crippen LogP contribution in [0.2, 0.25) is 5.15 Å². The van der Waals surface area contributed by atoms with Crippen LogP contribution in [0.25, 0.3) is 0 Å². The fourth-order valence-corrected chi connectivity index (χ4v) is 1.41. The minimum Gasteiger partial charge on any atom is -0.337 e. The van der Waals surface area contributed by atoms with E-state index in [0.717, 1.165) is 0 Å². The molecule has 1 aromatic rings. The number of nitrogens with zero attached hydrogens (tertiary/aromatic N) is 3. The molecule has 1 unspecified atom stereocenters. The van der Waals surface area contributed by atoms with Crippen molar-refractivity contribution < 1.29 is 4.79 Å². The highest BCUT2D eigenvalue weighted by molar-refractivity contribution is 6.29. The quantitative estimate of drug-likeness (QED) is 0.816. The van der Waals surface area contributed by atoms with Crippen molar-refractivity contribution >= 4 is 17.5 Å². The number of hydrogen-bond donors (Lipinski definition) is 0. The van der Waals surface area contributed by atoms with E-state index in [1.807, 2.05) is 6.92 Å². The second-order valence-corrected chi connectivity index (χ2v) is 4.51. The van der Waals surface area contributed by atoms with Gasteiger partial charge in [-0.3, -0.25) is 9.78 Å². The summed E-state index contributed by atoms with van der Waals surface area (Å²) in [7, 11) is 1.76. The maximum atomic E-state index is 12.0. The molecule has 1 atom stereocenters. The Kier molecular flexibility index (Phi) is 4.24. The van der Waals surface area contributed by atoms with E-state index in [-0.39, 0.29) is 22.8 Å². The van der Waals surface area contributed by atoms with Gasteiger partial charge in [0.15, 0.2) is 0 Å². The van der Waals surface area contributed by atoms with Crippen LogP contribution in [0.3, 0.4) is 0 Å². The Hall–Kier alpha value is -1.16. The Morgan fingerprint density at radius 3 is 2.50 bits per heavy atom. The molecule has 0 radical (unpaired) electrons. The summed E-state index contributed by atoms with van der Waals surface area (Å²) in [5.41, 5.74) is 0.280. The molecule has 0 saturated heterocycles. The molecule has 1 aromatic heterocycles. The summed E-state index contributed by atoms with van der Waals surface area (Å²) in [6, 6.07) is 0.147. The highest BCUT2D eigenvalue weighted by Gasteiger charge is 2.21. The van der Waals surface area contributed by atoms with Crippen LogP contribution in [0.5, 0.6) is 0 Å². The highest BCUT2D eigenvalue weighted by Crippen LogP contribution is 2.12. The summed E-state index contributed by atoms with van der Waals surface area (Å²) in [5, 5.41) is 0.233. The van der Waals surface area contributed by atoms with E-state index < -0.39 is 0 Å². The molecule has 16 heavy (non-hydrogen) atoms. The Labute approximate surface area is 101 Å². The van der Waals surface area contributed by atoms with Gasteiger partial charge in [-0.2, -0.15) is 0 Å². The molecule has 0 spiro atoms. The predicted octanol–water partition coefficient (Wildman–Crippen LogP) is 2.25. The molecule has 4 nitrogen and oxygen atoms in total. The second-order valence-electron chi connectivity index (χ2n) is 4.13. The van der Waals surface area contributed by atoms with Crippen LogP contribution in [-0.4, -0.2) is 33.9 Å². The van der Waals surface area contributed by atoms with Crippen molar-refractivity contribution in [1.82, 2.24) is 14.9 Å². The zero-order valence-corrected chi connectivity index (χ0v) is 10.7. The molecule has 0 saturated carbocycles. The number of halogens is 1. The number of carbonyl (C=O) groups is 1. The maximum Gasteiger partial charge on any atom is 0.274 e. The molecule has 0 bridgehead atoms. The van der Waals surface area contributed by atoms with E-state index in [1.54, 1.807) is 11.9 Å². The molecule has 5 heteroatoms. The number of carbonyl (C=O) groups excluding carboxylic acids is 1. The van der Waals surface area contributed by atoms with E-state index in [1.165, 1.54) is 12.4 Å². The van der Waals surface area contributed by atoms with Crippen molar-refractivity contribution in [2.24, 2.45) is 5.92 Å². The fraction of sp³-hybridized carbons (Fsp3) is 0.545. The van der Waals surface area contributed by atoms with Gasteiger partial charge in [0.1, 0.15) is 10.8 Å². The Morgan fingerprint density at radius 2 is 2.00 bits per heavy atom. The van der Waals surface area contributed by atoms with Gasteiger partial charge in [-0.15, -0.1) is 0 Å². The van der Waals surface area contributed by atoms with Crippen molar-refractivity contribution in [3.8, 4) is 0 Å². The monoisotopic (exact) mass is 241 g/mol. The summed E-state index contributed by atoms with van der Waals surface area (Å²) in [6.45, 7) is 6.14. The van der Waals surface area contributed by atoms with Crippen molar-refractivity contribution in [2.45, 2.75) is 26.8 Å². The lowest BCUT2D eigenvalue weighted by atomic mass is 10.1. The summed E-state index contributed by atoms with van der Waals surface area (Å²) >= 11 is 5.69. The zero-order valence-electron chi connectivity index (χ0n) is 9.94. The normalized spacial score (nSPS) is 12.6. The van der Waals surface area contributed by atoms with Crippen molar-refractivity contribution in [1.29, 1.82) is 0 Å².